The van der Waals surface area contributed by atoms with Crippen LogP contribution in [0.5, 0.6) is 0 Å². The molecule has 2 amide bonds. The maximum absolute atomic E-state index is 11.6. The maximum Gasteiger partial charge on any atom is 0.408 e. The molecule has 0 aromatic rings. The van der Waals surface area contributed by atoms with Crippen LogP contribution in [0.1, 0.15) is 45.4 Å². The van der Waals surface area contributed by atoms with E-state index in [9.17, 15) is 9.59 Å². The van der Waals surface area contributed by atoms with E-state index in [0.717, 1.165) is 19.3 Å². The monoisotopic (exact) mass is 242 g/mol. The fraction of sp³-hybridized carbons (Fsp3) is 0.833. The molecular weight excluding hydrogens is 220 g/mol. The van der Waals surface area contributed by atoms with Crippen LogP contribution in [0.2, 0.25) is 0 Å². The van der Waals surface area contributed by atoms with Gasteiger partial charge in [0.2, 0.25) is 5.91 Å². The smallest absolute Gasteiger partial charge is 0.408 e. The van der Waals surface area contributed by atoms with Crippen molar-refractivity contribution in [1.82, 2.24) is 10.2 Å². The minimum Gasteiger partial charge on any atom is -0.465 e. The van der Waals surface area contributed by atoms with Crippen LogP contribution in [-0.2, 0) is 4.79 Å². The van der Waals surface area contributed by atoms with Gasteiger partial charge in [-0.3, -0.25) is 9.69 Å². The third kappa shape index (κ3) is 4.24. The largest absolute Gasteiger partial charge is 0.465 e. The van der Waals surface area contributed by atoms with E-state index in [0.29, 0.717) is 19.5 Å². The lowest BCUT2D eigenvalue weighted by atomic mass is 10.0. The lowest BCUT2D eigenvalue weighted by Gasteiger charge is -2.32. The highest BCUT2D eigenvalue weighted by molar-refractivity contribution is 5.86. The summed E-state index contributed by atoms with van der Waals surface area (Å²) in [6.45, 7) is 2.99. The summed E-state index contributed by atoms with van der Waals surface area (Å²) in [5.41, 5.74) is 0. The highest BCUT2D eigenvalue weighted by Crippen LogP contribution is 2.14. The Kier molecular flexibility index (Phi) is 5.80. The van der Waals surface area contributed by atoms with Crippen LogP contribution in [-0.4, -0.2) is 41.1 Å². The van der Waals surface area contributed by atoms with Gasteiger partial charge in [-0.1, -0.05) is 39.0 Å². The molecule has 17 heavy (non-hydrogen) atoms. The van der Waals surface area contributed by atoms with E-state index in [1.54, 1.807) is 0 Å². The molecule has 1 saturated heterocycles. The highest BCUT2D eigenvalue weighted by atomic mass is 16.4. The summed E-state index contributed by atoms with van der Waals surface area (Å²) in [5.74, 6) is -0.144. The molecule has 1 unspecified atom stereocenters. The molecule has 1 aliphatic rings. The molecule has 1 heterocycles. The second kappa shape index (κ2) is 7.14. The Labute approximate surface area is 102 Å². The minimum absolute atomic E-state index is 0.144. The minimum atomic E-state index is -0.988. The molecular formula is C12H22N2O3. The van der Waals surface area contributed by atoms with Crippen molar-refractivity contribution in [2.45, 2.75) is 51.5 Å². The standard InChI is InChI=1S/C12H22N2O3/c1-2-3-4-5-6-7-10-11(15)13-8-9-14(10)12(16)17/h10H,2-9H2,1H3,(H,13,15)(H,16,17). The number of nitrogens with zero attached hydrogens (tertiary/aromatic N) is 1. The molecule has 1 rings (SSSR count). The molecule has 0 aromatic heterocycles. The predicted octanol–water partition coefficient (Wildman–Crippen LogP) is 1.83. The number of hydrogen-bond donors (Lipinski definition) is 2. The van der Waals surface area contributed by atoms with Crippen LogP contribution >= 0.6 is 0 Å². The molecule has 0 aromatic carbocycles. The lowest BCUT2D eigenvalue weighted by Crippen LogP contribution is -2.56. The van der Waals surface area contributed by atoms with Gasteiger partial charge in [0.1, 0.15) is 6.04 Å². The van der Waals surface area contributed by atoms with Crippen molar-refractivity contribution in [2.75, 3.05) is 13.1 Å². The third-order valence-electron chi connectivity index (χ3n) is 3.16. The molecule has 0 spiro atoms. The molecule has 98 valence electrons. The topological polar surface area (TPSA) is 69.6 Å². The van der Waals surface area contributed by atoms with Gasteiger partial charge in [-0.05, 0) is 6.42 Å². The van der Waals surface area contributed by atoms with Crippen molar-refractivity contribution in [3.8, 4) is 0 Å². The average Bonchev–Trinajstić information content (AvgIpc) is 2.30. The molecule has 0 aliphatic carbocycles. The molecule has 5 heteroatoms. The first-order chi connectivity index (χ1) is 8.16. The van der Waals surface area contributed by atoms with Gasteiger partial charge in [0.15, 0.2) is 0 Å². The number of nitrogens with one attached hydrogen (secondary N) is 1. The summed E-state index contributed by atoms with van der Waals surface area (Å²) >= 11 is 0. The summed E-state index contributed by atoms with van der Waals surface area (Å²) in [5, 5.41) is 11.7. The van der Waals surface area contributed by atoms with Crippen LogP contribution in [0.25, 0.3) is 0 Å². The zero-order chi connectivity index (χ0) is 12.7. The zero-order valence-corrected chi connectivity index (χ0v) is 10.4. The van der Waals surface area contributed by atoms with Crippen molar-refractivity contribution < 1.29 is 14.7 Å². The first kappa shape index (κ1) is 13.8. The number of hydrogen-bond acceptors (Lipinski definition) is 2. The van der Waals surface area contributed by atoms with E-state index in [4.69, 9.17) is 5.11 Å². The van der Waals surface area contributed by atoms with Crippen LogP contribution in [0.15, 0.2) is 0 Å². The van der Waals surface area contributed by atoms with Crippen LogP contribution in [0, 0.1) is 0 Å². The highest BCUT2D eigenvalue weighted by Gasteiger charge is 2.32. The van der Waals surface area contributed by atoms with Gasteiger partial charge in [-0.25, -0.2) is 4.79 Å². The van der Waals surface area contributed by atoms with Gasteiger partial charge < -0.3 is 10.4 Å². The van der Waals surface area contributed by atoms with Crippen molar-refractivity contribution in [3.05, 3.63) is 0 Å². The fourth-order valence-corrected chi connectivity index (χ4v) is 2.17. The summed E-state index contributed by atoms with van der Waals surface area (Å²) in [6.07, 6.45) is 5.20. The maximum atomic E-state index is 11.6. The first-order valence-electron chi connectivity index (χ1n) is 6.44. The number of amides is 2. The number of carbonyl (C=O) groups excluding carboxylic acids is 1. The molecule has 2 N–H and O–H groups in total. The Bertz CT molecular complexity index is 268. The Hall–Kier alpha value is -1.26. The summed E-state index contributed by atoms with van der Waals surface area (Å²) in [7, 11) is 0. The number of rotatable bonds is 6. The normalized spacial score (nSPS) is 20.2. The second-order valence-electron chi connectivity index (χ2n) is 4.49. The Morgan fingerprint density at radius 2 is 2.12 bits per heavy atom. The summed E-state index contributed by atoms with van der Waals surface area (Å²) in [4.78, 5) is 23.9. The SMILES string of the molecule is CCCCCCCC1C(=O)NCCN1C(=O)O. The van der Waals surface area contributed by atoms with Crippen LogP contribution < -0.4 is 5.32 Å². The summed E-state index contributed by atoms with van der Waals surface area (Å²) < 4.78 is 0. The Balaban J connectivity index is 2.35. The van der Waals surface area contributed by atoms with Gasteiger partial charge in [-0.2, -0.15) is 0 Å². The van der Waals surface area contributed by atoms with Crippen molar-refractivity contribution in [1.29, 1.82) is 0 Å². The molecule has 0 radical (unpaired) electrons. The van der Waals surface area contributed by atoms with Crippen molar-refractivity contribution >= 4 is 12.0 Å². The lowest BCUT2D eigenvalue weighted by molar-refractivity contribution is -0.128. The zero-order valence-electron chi connectivity index (χ0n) is 10.4. The number of carboxylic acid groups (broad SMARTS) is 1. The molecule has 1 aliphatic heterocycles. The van der Waals surface area contributed by atoms with E-state index < -0.39 is 12.1 Å². The third-order valence-corrected chi connectivity index (χ3v) is 3.16. The van der Waals surface area contributed by atoms with Crippen molar-refractivity contribution in [3.63, 3.8) is 0 Å². The van der Waals surface area contributed by atoms with Gasteiger partial charge in [0, 0.05) is 13.1 Å². The van der Waals surface area contributed by atoms with Gasteiger partial charge in [0.25, 0.3) is 0 Å². The fourth-order valence-electron chi connectivity index (χ4n) is 2.17. The molecule has 5 nitrogen and oxygen atoms in total. The van der Waals surface area contributed by atoms with Crippen LogP contribution in [0.3, 0.4) is 0 Å². The number of unbranched alkanes of at least 4 members (excludes halogenated alkanes) is 4. The molecule has 1 fully saturated rings. The average molecular weight is 242 g/mol. The summed E-state index contributed by atoms with van der Waals surface area (Å²) in [6, 6.07) is -0.483. The van der Waals surface area contributed by atoms with E-state index in [-0.39, 0.29) is 5.91 Å². The van der Waals surface area contributed by atoms with Crippen molar-refractivity contribution in [2.24, 2.45) is 0 Å². The predicted molar refractivity (Wildman–Crippen MR) is 64.9 cm³/mol. The van der Waals surface area contributed by atoms with Gasteiger partial charge in [0.05, 0.1) is 0 Å². The molecule has 0 saturated carbocycles. The molecule has 1 atom stereocenters. The van der Waals surface area contributed by atoms with Gasteiger partial charge in [-0.15, -0.1) is 0 Å². The van der Waals surface area contributed by atoms with E-state index in [1.165, 1.54) is 17.7 Å². The second-order valence-corrected chi connectivity index (χ2v) is 4.49. The van der Waals surface area contributed by atoms with Crippen LogP contribution in [0.4, 0.5) is 4.79 Å². The quantitative estimate of drug-likeness (QED) is 0.698. The van der Waals surface area contributed by atoms with E-state index >= 15 is 0 Å². The van der Waals surface area contributed by atoms with Gasteiger partial charge >= 0.3 is 6.09 Å². The van der Waals surface area contributed by atoms with E-state index in [1.807, 2.05) is 0 Å². The molecule has 0 bridgehead atoms. The number of carbonyl (C=O) groups is 2. The number of piperazine rings is 1. The van der Waals surface area contributed by atoms with E-state index in [2.05, 4.69) is 12.2 Å². The Morgan fingerprint density at radius 3 is 2.76 bits per heavy atom. The Morgan fingerprint density at radius 1 is 1.41 bits per heavy atom. The first-order valence-corrected chi connectivity index (χ1v) is 6.44.